The minimum absolute atomic E-state index is 0.00285. The van der Waals surface area contributed by atoms with E-state index in [0.717, 1.165) is 8.95 Å². The monoisotopic (exact) mass is 438 g/mol. The summed E-state index contributed by atoms with van der Waals surface area (Å²) in [6, 6.07) is 11.5. The summed E-state index contributed by atoms with van der Waals surface area (Å²) < 4.78 is 20.5. The average Bonchev–Trinajstić information content (AvgIpc) is 2.88. The second-order valence-corrected chi connectivity index (χ2v) is 6.31. The van der Waals surface area contributed by atoms with Crippen molar-refractivity contribution in [1.29, 1.82) is 0 Å². The van der Waals surface area contributed by atoms with Crippen molar-refractivity contribution in [2.75, 3.05) is 0 Å². The normalized spacial score (nSPS) is 11.3. The molecule has 3 aromatic rings. The summed E-state index contributed by atoms with van der Waals surface area (Å²) in [6.07, 6.45) is 1.36. The van der Waals surface area contributed by atoms with Crippen molar-refractivity contribution in [2.24, 2.45) is 4.99 Å². The van der Waals surface area contributed by atoms with Crippen molar-refractivity contribution in [3.63, 3.8) is 0 Å². The summed E-state index contributed by atoms with van der Waals surface area (Å²) in [5.41, 5.74) is 0.952. The predicted molar refractivity (Wildman–Crippen MR) is 92.7 cm³/mol. The molecule has 0 spiro atoms. The SMILES string of the molecule is Oc1oc(-c2ccccc2F)nc1C=Nc1ccc(Br)cc1Br. The predicted octanol–water partition coefficient (Wildman–Crippen LogP) is 5.46. The van der Waals surface area contributed by atoms with E-state index in [2.05, 4.69) is 41.8 Å². The van der Waals surface area contributed by atoms with Gasteiger partial charge < -0.3 is 9.52 Å². The molecule has 0 saturated carbocycles. The number of rotatable bonds is 3. The number of aliphatic imine (C=N–C) groups is 1. The minimum Gasteiger partial charge on any atom is -0.479 e. The van der Waals surface area contributed by atoms with Gasteiger partial charge in [0.15, 0.2) is 5.69 Å². The molecular formula is C16H9Br2FN2O2. The Kier molecular flexibility index (Phi) is 4.58. The highest BCUT2D eigenvalue weighted by atomic mass is 79.9. The van der Waals surface area contributed by atoms with Crippen molar-refractivity contribution in [1.82, 2.24) is 4.98 Å². The fraction of sp³-hybridized carbons (Fsp3) is 0. The maximum atomic E-state index is 13.7. The summed E-state index contributed by atoms with van der Waals surface area (Å²) in [5.74, 6) is -0.898. The van der Waals surface area contributed by atoms with Crippen LogP contribution in [0.2, 0.25) is 0 Å². The van der Waals surface area contributed by atoms with Crippen LogP contribution in [0.5, 0.6) is 5.95 Å². The number of benzene rings is 2. The molecule has 2 aromatic carbocycles. The fourth-order valence-corrected chi connectivity index (χ4v) is 3.02. The zero-order valence-electron chi connectivity index (χ0n) is 11.5. The zero-order chi connectivity index (χ0) is 16.4. The lowest BCUT2D eigenvalue weighted by molar-refractivity contribution is 0.336. The molecule has 0 fully saturated rings. The van der Waals surface area contributed by atoms with Gasteiger partial charge in [-0.15, -0.1) is 0 Å². The second-order valence-electron chi connectivity index (χ2n) is 4.54. The molecule has 116 valence electrons. The number of nitrogens with zero attached hydrogens (tertiary/aromatic N) is 2. The summed E-state index contributed by atoms with van der Waals surface area (Å²) in [5, 5.41) is 9.81. The number of oxazole rings is 1. The summed E-state index contributed by atoms with van der Waals surface area (Å²) in [7, 11) is 0. The summed E-state index contributed by atoms with van der Waals surface area (Å²) >= 11 is 6.75. The smallest absolute Gasteiger partial charge is 0.312 e. The third-order valence-corrected chi connectivity index (χ3v) is 4.10. The molecule has 7 heteroatoms. The molecular weight excluding hydrogens is 431 g/mol. The van der Waals surface area contributed by atoms with Gasteiger partial charge in [0.2, 0.25) is 5.89 Å². The Balaban J connectivity index is 1.93. The van der Waals surface area contributed by atoms with E-state index in [1.807, 2.05) is 12.1 Å². The quantitative estimate of drug-likeness (QED) is 0.551. The molecule has 0 atom stereocenters. The molecule has 23 heavy (non-hydrogen) atoms. The Morgan fingerprint density at radius 1 is 1.17 bits per heavy atom. The van der Waals surface area contributed by atoms with Gasteiger partial charge in [-0.05, 0) is 46.3 Å². The van der Waals surface area contributed by atoms with Gasteiger partial charge in [0.25, 0.3) is 0 Å². The van der Waals surface area contributed by atoms with Crippen LogP contribution in [0.25, 0.3) is 11.5 Å². The van der Waals surface area contributed by atoms with Gasteiger partial charge in [-0.3, -0.25) is 4.99 Å². The average molecular weight is 440 g/mol. The number of halogens is 3. The molecule has 0 amide bonds. The van der Waals surface area contributed by atoms with Gasteiger partial charge in [0.1, 0.15) is 5.82 Å². The van der Waals surface area contributed by atoms with E-state index in [-0.39, 0.29) is 17.1 Å². The largest absolute Gasteiger partial charge is 0.479 e. The van der Waals surface area contributed by atoms with E-state index in [1.54, 1.807) is 18.2 Å². The van der Waals surface area contributed by atoms with E-state index in [4.69, 9.17) is 4.42 Å². The van der Waals surface area contributed by atoms with E-state index < -0.39 is 11.8 Å². The van der Waals surface area contributed by atoms with Crippen LogP contribution in [-0.4, -0.2) is 16.3 Å². The van der Waals surface area contributed by atoms with Gasteiger partial charge in [0.05, 0.1) is 17.5 Å². The lowest BCUT2D eigenvalue weighted by Crippen LogP contribution is -1.85. The topological polar surface area (TPSA) is 58.6 Å². The molecule has 0 aliphatic rings. The van der Waals surface area contributed by atoms with Crippen molar-refractivity contribution in [3.05, 3.63) is 62.9 Å². The second kappa shape index (κ2) is 6.64. The Labute approximate surface area is 148 Å². The first-order valence-corrected chi connectivity index (χ1v) is 8.07. The van der Waals surface area contributed by atoms with Gasteiger partial charge in [0, 0.05) is 8.95 Å². The third kappa shape index (κ3) is 3.51. The molecule has 3 rings (SSSR count). The summed E-state index contributed by atoms with van der Waals surface area (Å²) in [6.45, 7) is 0. The summed E-state index contributed by atoms with van der Waals surface area (Å²) in [4.78, 5) is 8.31. The van der Waals surface area contributed by atoms with Gasteiger partial charge >= 0.3 is 5.95 Å². The van der Waals surface area contributed by atoms with Crippen LogP contribution >= 0.6 is 31.9 Å². The lowest BCUT2D eigenvalue weighted by atomic mass is 10.2. The number of hydrogen-bond acceptors (Lipinski definition) is 4. The first-order chi connectivity index (χ1) is 11.0. The molecule has 0 aliphatic carbocycles. The zero-order valence-corrected chi connectivity index (χ0v) is 14.7. The van der Waals surface area contributed by atoms with Crippen LogP contribution in [0.15, 0.2) is 60.8 Å². The molecule has 1 N–H and O–H groups in total. The van der Waals surface area contributed by atoms with Crippen molar-refractivity contribution >= 4 is 43.8 Å². The minimum atomic E-state index is -0.479. The van der Waals surface area contributed by atoms with E-state index in [9.17, 15) is 9.50 Å². The number of hydrogen-bond donors (Lipinski definition) is 1. The molecule has 0 bridgehead atoms. The molecule has 0 saturated heterocycles. The maximum Gasteiger partial charge on any atom is 0.312 e. The Morgan fingerprint density at radius 3 is 2.70 bits per heavy atom. The highest BCUT2D eigenvalue weighted by Crippen LogP contribution is 2.30. The maximum absolute atomic E-state index is 13.7. The molecule has 1 heterocycles. The van der Waals surface area contributed by atoms with Crippen LogP contribution in [0.3, 0.4) is 0 Å². The highest BCUT2D eigenvalue weighted by Gasteiger charge is 2.15. The molecule has 1 aromatic heterocycles. The van der Waals surface area contributed by atoms with Crippen LogP contribution in [0.1, 0.15) is 5.69 Å². The third-order valence-electron chi connectivity index (χ3n) is 2.97. The van der Waals surface area contributed by atoms with Crippen molar-refractivity contribution in [2.45, 2.75) is 0 Å². The number of aromatic nitrogens is 1. The van der Waals surface area contributed by atoms with Crippen LogP contribution < -0.4 is 0 Å². The Hall–Kier alpha value is -1.99. The van der Waals surface area contributed by atoms with Crippen LogP contribution in [0, 0.1) is 5.82 Å². The molecule has 0 aliphatic heterocycles. The molecule has 4 nitrogen and oxygen atoms in total. The van der Waals surface area contributed by atoms with Crippen LogP contribution in [-0.2, 0) is 0 Å². The Bertz CT molecular complexity index is 894. The van der Waals surface area contributed by atoms with Gasteiger partial charge in [-0.2, -0.15) is 0 Å². The first kappa shape index (κ1) is 15.9. The van der Waals surface area contributed by atoms with Crippen molar-refractivity contribution in [3.8, 4) is 17.4 Å². The van der Waals surface area contributed by atoms with E-state index in [1.165, 1.54) is 18.3 Å². The van der Waals surface area contributed by atoms with Crippen LogP contribution in [0.4, 0.5) is 10.1 Å². The van der Waals surface area contributed by atoms with Gasteiger partial charge in [-0.25, -0.2) is 9.37 Å². The van der Waals surface area contributed by atoms with E-state index in [0.29, 0.717) is 5.69 Å². The standard InChI is InChI=1S/C16H9Br2FN2O2/c17-9-5-6-13(11(18)7-9)20-8-14-16(22)23-15(21-14)10-3-1-2-4-12(10)19/h1-8,22H. The highest BCUT2D eigenvalue weighted by molar-refractivity contribution is 9.11. The Morgan fingerprint density at radius 2 is 1.96 bits per heavy atom. The lowest BCUT2D eigenvalue weighted by Gasteiger charge is -1.97. The van der Waals surface area contributed by atoms with Crippen molar-refractivity contribution < 1.29 is 13.9 Å². The first-order valence-electron chi connectivity index (χ1n) is 6.48. The van der Waals surface area contributed by atoms with Gasteiger partial charge in [-0.1, -0.05) is 28.1 Å². The fourth-order valence-electron chi connectivity index (χ4n) is 1.87. The number of aromatic hydroxyl groups is 1. The van der Waals surface area contributed by atoms with E-state index >= 15 is 0 Å². The molecule has 0 unspecified atom stereocenters. The molecule has 0 radical (unpaired) electrons.